The second-order valence-corrected chi connectivity index (χ2v) is 7.52. The third-order valence-corrected chi connectivity index (χ3v) is 5.18. The van der Waals surface area contributed by atoms with Gasteiger partial charge in [-0.05, 0) is 38.0 Å². The first-order chi connectivity index (χ1) is 15.8. The number of hydrogen-bond acceptors (Lipinski definition) is 6. The first kappa shape index (κ1) is 23.7. The lowest BCUT2D eigenvalue weighted by molar-refractivity contribution is -0.140. The molecule has 0 spiro atoms. The lowest BCUT2D eigenvalue weighted by Gasteiger charge is -2.05. The van der Waals surface area contributed by atoms with Crippen molar-refractivity contribution in [2.24, 2.45) is 10.2 Å². The summed E-state index contributed by atoms with van der Waals surface area (Å²) in [7, 11) is 1.36. The number of unbranched alkanes of at least 4 members (excludes halogenated alkanes) is 2. The molecule has 9 nitrogen and oxygen atoms in total. The van der Waals surface area contributed by atoms with E-state index in [4.69, 9.17) is 0 Å². The normalized spacial score (nSPS) is 12.0. The van der Waals surface area contributed by atoms with E-state index in [1.807, 2.05) is 0 Å². The average molecular weight is 455 g/mol. The van der Waals surface area contributed by atoms with Crippen molar-refractivity contribution in [1.29, 1.82) is 0 Å². The average Bonchev–Trinajstić information content (AvgIpc) is 3.24. The van der Waals surface area contributed by atoms with Crippen LogP contribution >= 0.6 is 0 Å². The van der Waals surface area contributed by atoms with Crippen molar-refractivity contribution in [3.05, 3.63) is 45.8 Å². The second-order valence-electron chi connectivity index (χ2n) is 7.52. The molecule has 0 aliphatic heterocycles. The molecule has 0 radical (unpaired) electrons. The molecule has 33 heavy (non-hydrogen) atoms. The molecule has 0 aliphatic carbocycles. The van der Waals surface area contributed by atoms with Gasteiger partial charge < -0.3 is 25.1 Å². The Hall–Kier alpha value is -3.95. The molecule has 3 aromatic rings. The van der Waals surface area contributed by atoms with E-state index in [-0.39, 0.29) is 23.4 Å². The van der Waals surface area contributed by atoms with Crippen molar-refractivity contribution in [3.63, 3.8) is 0 Å². The molecule has 0 saturated heterocycles. The van der Waals surface area contributed by atoms with Gasteiger partial charge >= 0.3 is 5.97 Å². The van der Waals surface area contributed by atoms with Gasteiger partial charge in [0.1, 0.15) is 5.82 Å². The number of azo groups is 1. The molecule has 0 saturated carbocycles. The maximum absolute atomic E-state index is 13.5. The first-order valence-corrected chi connectivity index (χ1v) is 10.5. The number of methoxy groups -OCH3 is 1. The number of hydrogen-bond donors (Lipinski definition) is 4. The van der Waals surface area contributed by atoms with Crippen molar-refractivity contribution in [3.8, 4) is 5.88 Å². The van der Waals surface area contributed by atoms with Crippen molar-refractivity contribution >= 4 is 41.2 Å². The number of nitrogens with one attached hydrogen (secondary N) is 3. The standard InChI is InChI=1S/C23H26FN5O4/c1-13-18(12-26-29-21-16-11-15(24)8-9-17(16)28-23(21)32)27-14(2)20(13)22(31)25-10-6-4-5-7-19(30)33-3/h8-9,11-12,27-28,32H,1,4-7,10H2,2-3H3,(H,25,31). The summed E-state index contributed by atoms with van der Waals surface area (Å²) in [5.41, 5.74) is 1.69. The van der Waals surface area contributed by atoms with E-state index in [2.05, 4.69) is 36.8 Å². The fourth-order valence-electron chi connectivity index (χ4n) is 3.46. The van der Waals surface area contributed by atoms with Gasteiger partial charge in [-0.15, -0.1) is 5.11 Å². The van der Waals surface area contributed by atoms with Crippen LogP contribution in [0, 0.1) is 12.7 Å². The van der Waals surface area contributed by atoms with Crippen LogP contribution in [0.15, 0.2) is 28.4 Å². The Morgan fingerprint density at radius 2 is 2.06 bits per heavy atom. The molecule has 0 aliphatic rings. The van der Waals surface area contributed by atoms with E-state index < -0.39 is 5.82 Å². The molecule has 2 heterocycles. The number of nitrogens with zero attached hydrogens (tertiary/aromatic N) is 2. The van der Waals surface area contributed by atoms with E-state index in [1.54, 1.807) is 6.92 Å². The molecule has 10 heteroatoms. The third-order valence-electron chi connectivity index (χ3n) is 5.18. The molecule has 1 amide bonds. The van der Waals surface area contributed by atoms with Crippen LogP contribution in [-0.4, -0.2) is 40.6 Å². The minimum absolute atomic E-state index is 0.111. The fraction of sp³-hybridized carbons (Fsp3) is 0.304. The Balaban J connectivity index is 1.67. The Labute approximate surface area is 189 Å². The maximum Gasteiger partial charge on any atom is 0.305 e. The molecule has 174 valence electrons. The zero-order valence-electron chi connectivity index (χ0n) is 18.5. The highest BCUT2D eigenvalue weighted by Gasteiger charge is 2.13. The zero-order valence-corrected chi connectivity index (χ0v) is 18.5. The van der Waals surface area contributed by atoms with Gasteiger partial charge in [0, 0.05) is 29.3 Å². The predicted molar refractivity (Wildman–Crippen MR) is 122 cm³/mol. The van der Waals surface area contributed by atoms with Crippen LogP contribution in [-0.2, 0) is 9.53 Å². The minimum Gasteiger partial charge on any atom is -0.493 e. The quantitative estimate of drug-likeness (QED) is 0.224. The van der Waals surface area contributed by atoms with Gasteiger partial charge in [0.15, 0.2) is 5.69 Å². The number of carbonyl (C=O) groups excluding carboxylic acids is 2. The molecule has 2 aromatic heterocycles. The number of aromatic hydroxyl groups is 1. The summed E-state index contributed by atoms with van der Waals surface area (Å²) in [4.78, 5) is 29.4. The number of amides is 1. The lowest BCUT2D eigenvalue weighted by Crippen LogP contribution is -2.32. The van der Waals surface area contributed by atoms with Gasteiger partial charge in [-0.25, -0.2) is 4.39 Å². The maximum atomic E-state index is 13.5. The molecule has 4 N–H and O–H groups in total. The second kappa shape index (κ2) is 10.6. The van der Waals surface area contributed by atoms with Gasteiger partial charge in [0.2, 0.25) is 5.88 Å². The van der Waals surface area contributed by atoms with E-state index in [0.29, 0.717) is 52.1 Å². The van der Waals surface area contributed by atoms with Gasteiger partial charge in [-0.2, -0.15) is 5.11 Å². The van der Waals surface area contributed by atoms with Crippen molar-refractivity contribution in [1.82, 2.24) is 15.3 Å². The summed E-state index contributed by atoms with van der Waals surface area (Å²) >= 11 is 0. The van der Waals surface area contributed by atoms with Crippen LogP contribution in [0.3, 0.4) is 0 Å². The Morgan fingerprint density at radius 3 is 2.82 bits per heavy atom. The number of fused-ring (bicyclic) bond motifs is 1. The Morgan fingerprint density at radius 1 is 1.27 bits per heavy atom. The smallest absolute Gasteiger partial charge is 0.305 e. The van der Waals surface area contributed by atoms with Gasteiger partial charge in [0.25, 0.3) is 5.91 Å². The summed E-state index contributed by atoms with van der Waals surface area (Å²) in [5, 5.41) is 22.2. The van der Waals surface area contributed by atoms with Crippen LogP contribution in [0.1, 0.15) is 41.7 Å². The molecule has 0 fully saturated rings. The molecule has 0 bridgehead atoms. The number of aromatic amines is 2. The number of halogens is 1. The molecule has 0 atom stereocenters. The Bertz CT molecular complexity index is 1310. The number of aryl methyl sites for hydroxylation is 1. The van der Waals surface area contributed by atoms with Crippen LogP contribution in [0.4, 0.5) is 10.1 Å². The first-order valence-electron chi connectivity index (χ1n) is 10.5. The molecular formula is C23H26FN5O4. The SMILES string of the molecule is C=c1c(C(=O)NCCCCCC(=O)OC)c(C)[nH]c1=CN=Nc1c(O)[nH]c2ccc(F)cc12. The van der Waals surface area contributed by atoms with E-state index in [1.165, 1.54) is 31.5 Å². The van der Waals surface area contributed by atoms with Gasteiger partial charge in [0.05, 0.1) is 29.7 Å². The third kappa shape index (κ3) is 5.65. The summed E-state index contributed by atoms with van der Waals surface area (Å²) in [6.07, 6.45) is 3.98. The number of H-pyrrole nitrogens is 2. The number of benzene rings is 1. The summed E-state index contributed by atoms with van der Waals surface area (Å²) in [6.45, 7) is 6.19. The number of rotatable bonds is 9. The zero-order chi connectivity index (χ0) is 24.0. The van der Waals surface area contributed by atoms with Crippen LogP contribution < -0.4 is 15.9 Å². The highest BCUT2D eigenvalue weighted by Crippen LogP contribution is 2.35. The summed E-state index contributed by atoms with van der Waals surface area (Å²) in [6, 6.07) is 4.03. The highest BCUT2D eigenvalue weighted by molar-refractivity contribution is 5.95. The van der Waals surface area contributed by atoms with Crippen molar-refractivity contribution < 1.29 is 23.8 Å². The van der Waals surface area contributed by atoms with Crippen molar-refractivity contribution in [2.75, 3.05) is 13.7 Å². The van der Waals surface area contributed by atoms with Crippen LogP contribution in [0.5, 0.6) is 5.88 Å². The number of carbonyl (C=O) groups is 2. The fourth-order valence-corrected chi connectivity index (χ4v) is 3.46. The molecule has 3 rings (SSSR count). The Kier molecular flexibility index (Phi) is 7.60. The van der Waals surface area contributed by atoms with Crippen molar-refractivity contribution in [2.45, 2.75) is 32.6 Å². The number of aromatic nitrogens is 2. The van der Waals surface area contributed by atoms with Crippen LogP contribution in [0.2, 0.25) is 0 Å². The van der Waals surface area contributed by atoms with E-state index >= 15 is 0 Å². The van der Waals surface area contributed by atoms with Gasteiger partial charge in [-0.3, -0.25) is 9.59 Å². The lowest BCUT2D eigenvalue weighted by atomic mass is 10.1. The number of esters is 1. The summed E-state index contributed by atoms with van der Waals surface area (Å²) in [5.74, 6) is -1.18. The monoisotopic (exact) mass is 455 g/mol. The van der Waals surface area contributed by atoms with E-state index in [0.717, 1.165) is 12.8 Å². The predicted octanol–water partition coefficient (Wildman–Crippen LogP) is 3.04. The number of ether oxygens (including phenoxy) is 1. The minimum atomic E-state index is -0.457. The summed E-state index contributed by atoms with van der Waals surface area (Å²) < 4.78 is 18.1. The van der Waals surface area contributed by atoms with E-state index in [9.17, 15) is 19.1 Å². The molecule has 1 aromatic carbocycles. The topological polar surface area (TPSA) is 132 Å². The molecular weight excluding hydrogens is 429 g/mol. The molecule has 0 unspecified atom stereocenters. The van der Waals surface area contributed by atoms with Crippen LogP contribution in [0.25, 0.3) is 23.7 Å². The van der Waals surface area contributed by atoms with Gasteiger partial charge in [-0.1, -0.05) is 13.0 Å². The largest absolute Gasteiger partial charge is 0.493 e. The highest BCUT2D eigenvalue weighted by atomic mass is 19.1.